The van der Waals surface area contributed by atoms with Crippen molar-refractivity contribution in [3.05, 3.63) is 24.3 Å². The van der Waals surface area contributed by atoms with Crippen LogP contribution in [0.5, 0.6) is 0 Å². The molecule has 0 aromatic rings. The Morgan fingerprint density at radius 3 is 1.35 bits per heavy atom. The molecule has 3 aliphatic rings. The van der Waals surface area contributed by atoms with Crippen molar-refractivity contribution in [2.45, 2.75) is 291 Å². The summed E-state index contributed by atoms with van der Waals surface area (Å²) in [5.74, 6) is -0.304. The third-order valence-electron chi connectivity index (χ3n) is 14.5. The number of ether oxygens (including phenoxy) is 6. The molecule has 0 aromatic carbocycles. The number of rotatable bonds is 41. The first-order valence-corrected chi connectivity index (χ1v) is 28.6. The summed E-state index contributed by atoms with van der Waals surface area (Å²) in [6, 6.07) is -0.981. The normalized spacial score (nSPS) is 31.6. The van der Waals surface area contributed by atoms with E-state index in [1.807, 2.05) is 6.08 Å². The van der Waals surface area contributed by atoms with Crippen LogP contribution in [0, 0.1) is 0 Å². The lowest BCUT2D eigenvalue weighted by Gasteiger charge is -2.48. The molecule has 0 spiro atoms. The predicted molar refractivity (Wildman–Crippen MR) is 277 cm³/mol. The van der Waals surface area contributed by atoms with Gasteiger partial charge in [-0.1, -0.05) is 173 Å². The van der Waals surface area contributed by atoms with E-state index in [1.54, 1.807) is 6.08 Å². The van der Waals surface area contributed by atoms with Crippen molar-refractivity contribution in [1.82, 2.24) is 5.32 Å². The Hall–Kier alpha value is -1.73. The van der Waals surface area contributed by atoms with Gasteiger partial charge in [0.25, 0.3) is 0 Å². The van der Waals surface area contributed by atoms with Crippen LogP contribution in [0.15, 0.2) is 24.3 Å². The number of aliphatic hydroxyl groups is 11. The zero-order valence-corrected chi connectivity index (χ0v) is 44.8. The molecule has 3 fully saturated rings. The first-order valence-electron chi connectivity index (χ1n) is 28.6. The third-order valence-corrected chi connectivity index (χ3v) is 14.5. The molecule has 0 saturated carbocycles. The number of amides is 1. The van der Waals surface area contributed by atoms with Crippen LogP contribution in [0.4, 0.5) is 0 Å². The van der Waals surface area contributed by atoms with Gasteiger partial charge in [0, 0.05) is 6.42 Å². The van der Waals surface area contributed by atoms with Gasteiger partial charge in [0.2, 0.25) is 5.91 Å². The largest absolute Gasteiger partial charge is 0.394 e. The number of nitrogens with one attached hydrogen (secondary N) is 1. The average Bonchev–Trinajstić information content (AvgIpc) is 3.40. The lowest BCUT2D eigenvalue weighted by Crippen LogP contribution is -2.66. The fourth-order valence-electron chi connectivity index (χ4n) is 9.74. The summed E-state index contributed by atoms with van der Waals surface area (Å²) in [7, 11) is 0. The average molecular weight is 1060 g/mol. The van der Waals surface area contributed by atoms with Gasteiger partial charge in [-0.3, -0.25) is 4.79 Å². The number of allylic oxidation sites excluding steroid dienone is 3. The van der Waals surface area contributed by atoms with E-state index in [9.17, 15) is 61.0 Å². The van der Waals surface area contributed by atoms with Crippen molar-refractivity contribution in [3.8, 4) is 0 Å². The Labute approximate surface area is 441 Å². The number of aliphatic hydroxyl groups excluding tert-OH is 11. The van der Waals surface area contributed by atoms with E-state index in [0.29, 0.717) is 12.8 Å². The first-order chi connectivity index (χ1) is 35.8. The van der Waals surface area contributed by atoms with Crippen LogP contribution in [0.25, 0.3) is 0 Å². The van der Waals surface area contributed by atoms with Gasteiger partial charge < -0.3 is 89.9 Å². The molecule has 74 heavy (non-hydrogen) atoms. The topological polar surface area (TPSA) is 307 Å². The van der Waals surface area contributed by atoms with Crippen LogP contribution < -0.4 is 5.32 Å². The van der Waals surface area contributed by atoms with E-state index in [4.69, 9.17) is 28.4 Å². The highest BCUT2D eigenvalue weighted by Crippen LogP contribution is 2.33. The van der Waals surface area contributed by atoms with Crippen molar-refractivity contribution >= 4 is 5.91 Å². The maximum absolute atomic E-state index is 13.0. The molecule has 12 N–H and O–H groups in total. The smallest absolute Gasteiger partial charge is 0.220 e. The summed E-state index contributed by atoms with van der Waals surface area (Å²) in [5.41, 5.74) is 0. The number of carbonyl (C=O) groups excluding carboxylic acids is 1. The van der Waals surface area contributed by atoms with Crippen molar-refractivity contribution in [3.63, 3.8) is 0 Å². The number of hydrogen-bond donors (Lipinski definition) is 12. The Morgan fingerprint density at radius 2 is 0.865 bits per heavy atom. The molecular formula is C55H101NO18. The Morgan fingerprint density at radius 1 is 0.473 bits per heavy atom. The van der Waals surface area contributed by atoms with E-state index in [0.717, 1.165) is 38.5 Å². The van der Waals surface area contributed by atoms with Crippen molar-refractivity contribution < 1.29 is 89.4 Å². The number of unbranched alkanes of at least 4 members (excludes halogenated alkanes) is 23. The number of carbonyl (C=O) groups is 1. The highest BCUT2D eigenvalue weighted by molar-refractivity contribution is 5.76. The summed E-state index contributed by atoms with van der Waals surface area (Å²) >= 11 is 0. The fourth-order valence-corrected chi connectivity index (χ4v) is 9.74. The maximum atomic E-state index is 13.0. The molecule has 0 radical (unpaired) electrons. The maximum Gasteiger partial charge on any atom is 0.220 e. The zero-order chi connectivity index (χ0) is 54.1. The van der Waals surface area contributed by atoms with Crippen LogP contribution in [0.3, 0.4) is 0 Å². The minimum atomic E-state index is -1.98. The lowest BCUT2D eigenvalue weighted by molar-refractivity contribution is -0.379. The third kappa shape index (κ3) is 24.1. The van der Waals surface area contributed by atoms with Crippen LogP contribution in [-0.4, -0.2) is 193 Å². The molecule has 3 aliphatic heterocycles. The molecule has 17 unspecified atom stereocenters. The van der Waals surface area contributed by atoms with Crippen LogP contribution >= 0.6 is 0 Å². The summed E-state index contributed by atoms with van der Waals surface area (Å²) in [4.78, 5) is 13.0. The predicted octanol–water partition coefficient (Wildman–Crippen LogP) is 3.98. The quantitative estimate of drug-likeness (QED) is 0.0304. The van der Waals surface area contributed by atoms with Gasteiger partial charge in [-0.05, 0) is 32.1 Å². The Bertz CT molecular complexity index is 1460. The number of hydrogen-bond acceptors (Lipinski definition) is 18. The molecular weight excluding hydrogens is 963 g/mol. The minimum absolute atomic E-state index is 0.228. The molecule has 3 heterocycles. The molecule has 3 saturated heterocycles. The van der Waals surface area contributed by atoms with Gasteiger partial charge in [0.1, 0.15) is 73.2 Å². The highest BCUT2D eigenvalue weighted by atomic mass is 16.8. The van der Waals surface area contributed by atoms with Crippen molar-refractivity contribution in [2.24, 2.45) is 0 Å². The van der Waals surface area contributed by atoms with E-state index in [-0.39, 0.29) is 18.9 Å². The second-order valence-electron chi connectivity index (χ2n) is 20.8. The summed E-state index contributed by atoms with van der Waals surface area (Å²) in [6.45, 7) is 1.55. The van der Waals surface area contributed by atoms with Gasteiger partial charge in [0.15, 0.2) is 18.9 Å². The van der Waals surface area contributed by atoms with Crippen LogP contribution in [0.1, 0.15) is 187 Å². The second-order valence-corrected chi connectivity index (χ2v) is 20.8. The van der Waals surface area contributed by atoms with Crippen LogP contribution in [-0.2, 0) is 33.2 Å². The molecule has 19 nitrogen and oxygen atoms in total. The van der Waals surface area contributed by atoms with E-state index < -0.39 is 124 Å². The van der Waals surface area contributed by atoms with Gasteiger partial charge in [-0.25, -0.2) is 0 Å². The molecule has 17 atom stereocenters. The van der Waals surface area contributed by atoms with E-state index >= 15 is 0 Å². The van der Waals surface area contributed by atoms with E-state index in [2.05, 4.69) is 31.3 Å². The standard InChI is InChI=1S/C55H101NO18/c1-3-5-7-9-10-11-12-13-14-15-16-17-18-19-20-21-22-23-24-25-26-27-28-29-30-32-39(60)38(56-43(61)33-31-8-6-4-2)37-69-53-49(67)46(64)51(41(35-58)71-53)74-55-50(68)47(65)52(42(36-59)72-55)73-54-48(66)45(63)44(62)40(34-57)70-54/h26-27,30,32,38-42,44-55,57-60,62-68H,3-25,28-29,31,33-37H2,1-2H3,(H,56,61)/b27-26+,32-30+. The van der Waals surface area contributed by atoms with Crippen molar-refractivity contribution in [2.75, 3.05) is 26.4 Å². The van der Waals surface area contributed by atoms with Gasteiger partial charge >= 0.3 is 0 Å². The van der Waals surface area contributed by atoms with Gasteiger partial charge in [-0.2, -0.15) is 0 Å². The molecule has 0 aromatic heterocycles. The molecule has 0 bridgehead atoms. The molecule has 434 valence electrons. The highest BCUT2D eigenvalue weighted by Gasteiger charge is 2.53. The fraction of sp³-hybridized carbons (Fsp3) is 0.909. The second kappa shape index (κ2) is 39.6. The molecule has 3 rings (SSSR count). The lowest BCUT2D eigenvalue weighted by atomic mass is 9.96. The zero-order valence-electron chi connectivity index (χ0n) is 44.8. The SMILES string of the molecule is CCCCCCCCCCCCCCCCCCCCC/C=C/CC/C=C/C(O)C(COC1OC(CO)C(OC2OC(CO)C(OC3OC(CO)C(O)C(O)C3O)C(O)C2O)C(O)C1O)NC(=O)CCCCCC. The summed E-state index contributed by atoms with van der Waals surface area (Å²) in [6.07, 6.45) is 12.8. The summed E-state index contributed by atoms with van der Waals surface area (Å²) < 4.78 is 34.0. The summed E-state index contributed by atoms with van der Waals surface area (Å²) in [5, 5.41) is 119. The van der Waals surface area contributed by atoms with Crippen molar-refractivity contribution in [1.29, 1.82) is 0 Å². The first kappa shape index (κ1) is 66.5. The van der Waals surface area contributed by atoms with E-state index in [1.165, 1.54) is 116 Å². The minimum Gasteiger partial charge on any atom is -0.394 e. The Kier molecular flexibility index (Phi) is 35.6. The molecule has 0 aliphatic carbocycles. The molecule has 19 heteroatoms. The van der Waals surface area contributed by atoms with Gasteiger partial charge in [-0.15, -0.1) is 0 Å². The molecule has 1 amide bonds. The van der Waals surface area contributed by atoms with Gasteiger partial charge in [0.05, 0.1) is 38.6 Å². The Balaban J connectivity index is 1.41. The van der Waals surface area contributed by atoms with Crippen LogP contribution in [0.2, 0.25) is 0 Å². The monoisotopic (exact) mass is 1060 g/mol.